The summed E-state index contributed by atoms with van der Waals surface area (Å²) >= 11 is 0. The molecule has 1 saturated heterocycles. The van der Waals surface area contributed by atoms with Gasteiger partial charge in [-0.1, -0.05) is 69.3 Å². The Bertz CT molecular complexity index is 1350. The van der Waals surface area contributed by atoms with Crippen molar-refractivity contribution < 1.29 is 28.6 Å². The number of ether oxygens (including phenoxy) is 2. The van der Waals surface area contributed by atoms with Gasteiger partial charge in [-0.3, -0.25) is 0 Å². The number of hydrogen-bond acceptors (Lipinski definition) is 4. The van der Waals surface area contributed by atoms with Gasteiger partial charge in [-0.05, 0) is 53.3 Å². The minimum Gasteiger partial charge on any atom is -0.494 e. The molecule has 3 aromatic carbocycles. The largest absolute Gasteiger partial charge is 0.494 e. The molecule has 0 aromatic heterocycles. The Morgan fingerprint density at radius 2 is 1.61 bits per heavy atom. The molecule has 0 bridgehead atoms. The van der Waals surface area contributed by atoms with Crippen molar-refractivity contribution >= 4 is 12.0 Å². The zero-order valence-corrected chi connectivity index (χ0v) is 24.4. The molecule has 0 spiro atoms. The lowest BCUT2D eigenvalue weighted by molar-refractivity contribution is -0.153. The highest BCUT2D eigenvalue weighted by atomic mass is 19.1. The van der Waals surface area contributed by atoms with Crippen molar-refractivity contribution in [1.82, 2.24) is 9.80 Å². The van der Waals surface area contributed by atoms with Crippen LogP contribution in [0.3, 0.4) is 0 Å². The van der Waals surface area contributed by atoms with E-state index in [1.165, 1.54) is 30.7 Å². The smallest absolute Gasteiger partial charge is 0.348 e. The van der Waals surface area contributed by atoms with E-state index in [2.05, 4.69) is 45.0 Å². The van der Waals surface area contributed by atoms with Crippen molar-refractivity contribution in [2.75, 3.05) is 20.2 Å². The molecule has 218 valence electrons. The van der Waals surface area contributed by atoms with Crippen LogP contribution in [0.15, 0.2) is 72.8 Å². The molecule has 1 heterocycles. The first-order valence-corrected chi connectivity index (χ1v) is 13.9. The summed E-state index contributed by atoms with van der Waals surface area (Å²) in [6.07, 6.45) is 0.720. The van der Waals surface area contributed by atoms with Crippen LogP contribution in [0.1, 0.15) is 50.8 Å². The number of rotatable bonds is 11. The predicted molar refractivity (Wildman–Crippen MR) is 156 cm³/mol. The Hall–Kier alpha value is -4.07. The highest BCUT2D eigenvalue weighted by Crippen LogP contribution is 2.27. The van der Waals surface area contributed by atoms with Crippen molar-refractivity contribution in [3.63, 3.8) is 0 Å². The number of carbonyl (C=O) groups is 2. The number of hydrogen-bond donors (Lipinski definition) is 1. The lowest BCUT2D eigenvalue weighted by atomic mass is 9.87. The van der Waals surface area contributed by atoms with E-state index < -0.39 is 17.4 Å². The predicted octanol–water partition coefficient (Wildman–Crippen LogP) is 6.29. The Kier molecular flexibility index (Phi) is 8.90. The second-order valence-corrected chi connectivity index (χ2v) is 11.9. The van der Waals surface area contributed by atoms with Gasteiger partial charge in [0.15, 0.2) is 11.6 Å². The maximum atomic E-state index is 14.1. The summed E-state index contributed by atoms with van der Waals surface area (Å²) in [5, 5.41) is 9.80. The first kappa shape index (κ1) is 29.9. The molecule has 2 atom stereocenters. The summed E-state index contributed by atoms with van der Waals surface area (Å²) in [5.74, 6) is -1.27. The Labute approximate surface area is 241 Å². The number of halogens is 1. The molecule has 1 N–H and O–H groups in total. The van der Waals surface area contributed by atoms with Crippen LogP contribution in [0.5, 0.6) is 11.5 Å². The fourth-order valence-electron chi connectivity index (χ4n) is 4.91. The first-order valence-electron chi connectivity index (χ1n) is 13.9. The topological polar surface area (TPSA) is 79.3 Å². The third-order valence-corrected chi connectivity index (χ3v) is 7.55. The summed E-state index contributed by atoms with van der Waals surface area (Å²) < 4.78 is 25.6. The number of likely N-dealkylation sites (N-methyl/N-ethyl adjacent to an activating group) is 1. The molecule has 1 aliphatic rings. The third kappa shape index (κ3) is 7.37. The number of carboxylic acids is 1. The summed E-state index contributed by atoms with van der Waals surface area (Å²) in [4.78, 5) is 28.5. The first-order chi connectivity index (χ1) is 19.4. The minimum atomic E-state index is -1.65. The average Bonchev–Trinajstić information content (AvgIpc) is 3.18. The SMILES string of the molecule is CN1C(=O)N(Cc2ccc(C(C)(C)C)cc2)CC1CCOc1ccc(CC(C)(Oc2ccccc2F)C(=O)O)cc1. The molecule has 7 nitrogen and oxygen atoms in total. The molecule has 2 unspecified atom stereocenters. The van der Waals surface area contributed by atoms with Crippen molar-refractivity contribution in [3.8, 4) is 11.5 Å². The van der Waals surface area contributed by atoms with Gasteiger partial charge in [0.1, 0.15) is 5.75 Å². The van der Waals surface area contributed by atoms with E-state index >= 15 is 0 Å². The highest BCUT2D eigenvalue weighted by Gasteiger charge is 2.37. The van der Waals surface area contributed by atoms with E-state index in [0.717, 1.165) is 5.56 Å². The lowest BCUT2D eigenvalue weighted by Gasteiger charge is -2.26. The molecule has 4 rings (SSSR count). The molecule has 0 saturated carbocycles. The molecule has 8 heteroatoms. The monoisotopic (exact) mass is 562 g/mol. The third-order valence-electron chi connectivity index (χ3n) is 7.55. The van der Waals surface area contributed by atoms with Crippen LogP contribution in [-0.4, -0.2) is 58.7 Å². The van der Waals surface area contributed by atoms with Crippen LogP contribution in [0.4, 0.5) is 9.18 Å². The van der Waals surface area contributed by atoms with E-state index in [0.29, 0.717) is 37.4 Å². The average molecular weight is 563 g/mol. The molecule has 2 amide bonds. The Morgan fingerprint density at radius 1 is 0.976 bits per heavy atom. The maximum absolute atomic E-state index is 14.1. The number of amides is 2. The zero-order chi connectivity index (χ0) is 29.8. The van der Waals surface area contributed by atoms with Crippen molar-refractivity contribution in [1.29, 1.82) is 0 Å². The van der Waals surface area contributed by atoms with Crippen LogP contribution < -0.4 is 9.47 Å². The van der Waals surface area contributed by atoms with Gasteiger partial charge in [-0.15, -0.1) is 0 Å². The summed E-state index contributed by atoms with van der Waals surface area (Å²) in [6.45, 7) is 9.61. The lowest BCUT2D eigenvalue weighted by Crippen LogP contribution is -2.43. The van der Waals surface area contributed by atoms with E-state index in [4.69, 9.17) is 9.47 Å². The van der Waals surface area contributed by atoms with Crippen LogP contribution in [-0.2, 0) is 23.2 Å². The number of carbonyl (C=O) groups excluding carboxylic acids is 1. The quantitative estimate of drug-likeness (QED) is 0.297. The van der Waals surface area contributed by atoms with E-state index in [9.17, 15) is 19.1 Å². The molecule has 0 aliphatic carbocycles. The van der Waals surface area contributed by atoms with E-state index in [1.807, 2.05) is 11.9 Å². The number of urea groups is 1. The van der Waals surface area contributed by atoms with Crippen molar-refractivity contribution in [2.24, 2.45) is 0 Å². The number of para-hydroxylation sites is 1. The van der Waals surface area contributed by atoms with Gasteiger partial charge in [-0.2, -0.15) is 0 Å². The van der Waals surface area contributed by atoms with E-state index in [-0.39, 0.29) is 29.7 Å². The number of aliphatic carboxylic acids is 1. The Balaban J connectivity index is 1.28. The molecular weight excluding hydrogens is 523 g/mol. The molecule has 1 fully saturated rings. The molecule has 1 aliphatic heterocycles. The van der Waals surface area contributed by atoms with Crippen LogP contribution in [0, 0.1) is 5.82 Å². The highest BCUT2D eigenvalue weighted by molar-refractivity contribution is 5.78. The summed E-state index contributed by atoms with van der Waals surface area (Å²) in [5.41, 5.74) is 1.52. The zero-order valence-electron chi connectivity index (χ0n) is 24.4. The Morgan fingerprint density at radius 3 is 2.22 bits per heavy atom. The van der Waals surface area contributed by atoms with Gasteiger partial charge in [0, 0.05) is 33.0 Å². The molecule has 41 heavy (non-hydrogen) atoms. The van der Waals surface area contributed by atoms with Gasteiger partial charge in [0.05, 0.1) is 12.6 Å². The summed E-state index contributed by atoms with van der Waals surface area (Å²) in [7, 11) is 1.83. The minimum absolute atomic E-state index is 0.0123. The maximum Gasteiger partial charge on any atom is 0.348 e. The van der Waals surface area contributed by atoms with Crippen molar-refractivity contribution in [2.45, 2.75) is 64.1 Å². The second kappa shape index (κ2) is 12.2. The fraction of sp³-hybridized carbons (Fsp3) is 0.394. The van der Waals surface area contributed by atoms with Crippen LogP contribution in [0.2, 0.25) is 0 Å². The molecule has 0 radical (unpaired) electrons. The summed E-state index contributed by atoms with van der Waals surface area (Å²) in [6, 6.07) is 21.4. The van der Waals surface area contributed by atoms with Gasteiger partial charge >= 0.3 is 12.0 Å². The standard InChI is InChI=1S/C33H39FN2O5/c1-32(2,3)25-14-10-24(11-15-25)21-36-22-26(35(5)31(36)39)18-19-40-27-16-12-23(13-17-27)20-33(4,30(37)38)41-29-9-7-6-8-28(29)34/h6-17,26H,18-22H2,1-5H3,(H,37,38). The number of benzene rings is 3. The number of carboxylic acid groups (broad SMARTS) is 1. The van der Waals surface area contributed by atoms with Gasteiger partial charge < -0.3 is 24.4 Å². The molecule has 3 aromatic rings. The number of nitrogens with zero attached hydrogens (tertiary/aromatic N) is 2. The van der Waals surface area contributed by atoms with E-state index in [1.54, 1.807) is 35.2 Å². The van der Waals surface area contributed by atoms with Crippen LogP contribution >= 0.6 is 0 Å². The van der Waals surface area contributed by atoms with Gasteiger partial charge in [0.2, 0.25) is 5.60 Å². The van der Waals surface area contributed by atoms with Gasteiger partial charge in [0.25, 0.3) is 0 Å². The van der Waals surface area contributed by atoms with Crippen molar-refractivity contribution in [3.05, 3.63) is 95.3 Å². The fourth-order valence-corrected chi connectivity index (χ4v) is 4.91. The normalized spacial score (nSPS) is 16.9. The van der Waals surface area contributed by atoms with Crippen LogP contribution in [0.25, 0.3) is 0 Å². The van der Waals surface area contributed by atoms with Gasteiger partial charge in [-0.25, -0.2) is 14.0 Å². The molecular formula is C33H39FN2O5. The second-order valence-electron chi connectivity index (χ2n) is 11.9.